The number of allylic oxidation sites excluding steroid dienone is 12. The number of rotatable bonds is 43. The lowest BCUT2D eigenvalue weighted by Gasteiger charge is -2.42. The summed E-state index contributed by atoms with van der Waals surface area (Å²) in [6.07, 6.45) is 38.2. The summed E-state index contributed by atoms with van der Waals surface area (Å²) >= 11 is 0. The number of carbonyl (C=O) groups is 1. The SMILES string of the molecule is CC/C=C\C/C=C\C/C=C\C/C=C\CCCCCCCCCCCCC(=O)OC(COCCCCCCCC/C=C\C/C=C\CCC)COC1OC(COC2OC(CO)C(O)C(O)C2O)C(O)C(O)C1O. The molecule has 14 heteroatoms. The van der Waals surface area contributed by atoms with Crippen molar-refractivity contribution in [3.63, 3.8) is 0 Å². The second-order valence-corrected chi connectivity index (χ2v) is 19.0. The Morgan fingerprint density at radius 2 is 0.915 bits per heavy atom. The maximum Gasteiger partial charge on any atom is 0.306 e. The first-order valence-electron chi connectivity index (χ1n) is 27.5. The highest BCUT2D eigenvalue weighted by molar-refractivity contribution is 5.69. The van der Waals surface area contributed by atoms with Crippen LogP contribution in [-0.4, -0.2) is 142 Å². The molecule has 0 aromatic carbocycles. The van der Waals surface area contributed by atoms with Crippen molar-refractivity contribution in [2.75, 3.05) is 33.0 Å². The lowest BCUT2D eigenvalue weighted by molar-refractivity contribution is -0.332. The Morgan fingerprint density at radius 3 is 1.44 bits per heavy atom. The molecule has 410 valence electrons. The van der Waals surface area contributed by atoms with E-state index in [9.17, 15) is 40.5 Å². The zero-order valence-electron chi connectivity index (χ0n) is 43.7. The van der Waals surface area contributed by atoms with Gasteiger partial charge in [0.15, 0.2) is 12.6 Å². The van der Waals surface area contributed by atoms with Gasteiger partial charge in [-0.25, -0.2) is 0 Å². The van der Waals surface area contributed by atoms with Gasteiger partial charge in [-0.05, 0) is 77.0 Å². The van der Waals surface area contributed by atoms with Crippen molar-refractivity contribution in [1.29, 1.82) is 0 Å². The minimum atomic E-state index is -1.71. The Hall–Kier alpha value is -2.57. The summed E-state index contributed by atoms with van der Waals surface area (Å²) in [5, 5.41) is 72.2. The molecule has 7 N–H and O–H groups in total. The summed E-state index contributed by atoms with van der Waals surface area (Å²) in [5.74, 6) is -0.387. The Balaban J connectivity index is 1.72. The highest BCUT2D eigenvalue weighted by Gasteiger charge is 2.47. The predicted octanol–water partition coefficient (Wildman–Crippen LogP) is 9.08. The van der Waals surface area contributed by atoms with Gasteiger partial charge in [-0.15, -0.1) is 0 Å². The first-order valence-corrected chi connectivity index (χ1v) is 27.5. The monoisotopic (exact) mass is 1010 g/mol. The minimum absolute atomic E-state index is 0.0494. The molecule has 11 atom stereocenters. The largest absolute Gasteiger partial charge is 0.457 e. The van der Waals surface area contributed by atoms with Gasteiger partial charge in [-0.3, -0.25) is 4.79 Å². The summed E-state index contributed by atoms with van der Waals surface area (Å²) in [6, 6.07) is 0. The molecule has 0 bridgehead atoms. The van der Waals surface area contributed by atoms with Crippen LogP contribution in [0.3, 0.4) is 0 Å². The van der Waals surface area contributed by atoms with E-state index in [1.807, 2.05) is 0 Å². The van der Waals surface area contributed by atoms with Gasteiger partial charge in [0, 0.05) is 13.0 Å². The molecule has 2 heterocycles. The molecule has 2 fully saturated rings. The van der Waals surface area contributed by atoms with Crippen molar-refractivity contribution in [3.8, 4) is 0 Å². The van der Waals surface area contributed by atoms with Crippen LogP contribution in [0.15, 0.2) is 72.9 Å². The third-order valence-electron chi connectivity index (χ3n) is 12.7. The van der Waals surface area contributed by atoms with E-state index in [-0.39, 0.29) is 25.6 Å². The standard InChI is InChI=1S/C57H98O14/c1-3-5-7-9-11-13-15-17-19-20-21-22-23-24-25-26-27-28-30-32-34-36-38-40-49(59)69-46(43-66-41-39-37-35-33-31-29-18-16-14-12-10-8-6-4-2)44-67-56-55(65)53(63)51(61)48(71-56)45-68-57-54(64)52(62)50(60)47(42-58)70-57/h5,7-8,10-11,13-14,16-17,19,21-22,46-48,50-58,60-65H,3-4,6,9,12,15,18,20,23-45H2,1-2H3/b7-5-,10-8-,13-11-,16-14-,19-17-,22-21-. The normalized spacial score (nSPS) is 25.9. The third-order valence-corrected chi connectivity index (χ3v) is 12.7. The van der Waals surface area contributed by atoms with E-state index >= 15 is 0 Å². The Bertz CT molecular complexity index is 1450. The number of hydrogen-bond acceptors (Lipinski definition) is 14. The van der Waals surface area contributed by atoms with E-state index in [4.69, 9.17) is 28.4 Å². The molecule has 0 spiro atoms. The van der Waals surface area contributed by atoms with Crippen LogP contribution in [0, 0.1) is 0 Å². The molecule has 2 aliphatic heterocycles. The Labute approximate surface area is 427 Å². The summed E-state index contributed by atoms with van der Waals surface area (Å²) in [5.41, 5.74) is 0. The fourth-order valence-corrected chi connectivity index (χ4v) is 8.25. The van der Waals surface area contributed by atoms with E-state index in [0.717, 1.165) is 96.3 Å². The number of unbranched alkanes of at least 4 members (excludes halogenated alkanes) is 17. The van der Waals surface area contributed by atoms with E-state index in [2.05, 4.69) is 86.8 Å². The molecule has 0 radical (unpaired) electrons. The molecule has 0 saturated carbocycles. The molecule has 71 heavy (non-hydrogen) atoms. The minimum Gasteiger partial charge on any atom is -0.457 e. The van der Waals surface area contributed by atoms with Gasteiger partial charge in [0.1, 0.15) is 54.9 Å². The number of hydrogen-bond donors (Lipinski definition) is 7. The van der Waals surface area contributed by atoms with Gasteiger partial charge in [-0.1, -0.05) is 170 Å². The molecular formula is C57H98O14. The number of aliphatic hydroxyl groups is 7. The van der Waals surface area contributed by atoms with Crippen molar-refractivity contribution in [3.05, 3.63) is 72.9 Å². The third kappa shape index (κ3) is 31.0. The lowest BCUT2D eigenvalue weighted by Crippen LogP contribution is -2.61. The quantitative estimate of drug-likeness (QED) is 0.0173. The van der Waals surface area contributed by atoms with Crippen molar-refractivity contribution in [1.82, 2.24) is 0 Å². The maximum atomic E-state index is 13.1. The van der Waals surface area contributed by atoms with Crippen LogP contribution in [0.4, 0.5) is 0 Å². The number of carbonyl (C=O) groups excluding carboxylic acids is 1. The average molecular weight is 1010 g/mol. The Morgan fingerprint density at radius 1 is 0.479 bits per heavy atom. The first kappa shape index (κ1) is 64.5. The van der Waals surface area contributed by atoms with Gasteiger partial charge in [0.05, 0.1) is 26.4 Å². The van der Waals surface area contributed by atoms with Crippen LogP contribution in [0.5, 0.6) is 0 Å². The smallest absolute Gasteiger partial charge is 0.306 e. The summed E-state index contributed by atoms with van der Waals surface area (Å²) in [7, 11) is 0. The molecule has 2 aliphatic rings. The Kier molecular flexibility index (Phi) is 39.8. The van der Waals surface area contributed by atoms with Gasteiger partial charge >= 0.3 is 5.97 Å². The van der Waals surface area contributed by atoms with Crippen molar-refractivity contribution in [2.45, 2.75) is 248 Å². The molecular weight excluding hydrogens is 909 g/mol. The molecule has 0 aliphatic carbocycles. The molecule has 14 nitrogen and oxygen atoms in total. The fraction of sp³-hybridized carbons (Fsp3) is 0.772. The zero-order chi connectivity index (χ0) is 51.6. The molecule has 0 aromatic rings. The summed E-state index contributed by atoms with van der Waals surface area (Å²) in [6.45, 7) is 3.48. The van der Waals surface area contributed by atoms with Crippen LogP contribution < -0.4 is 0 Å². The number of esters is 1. The van der Waals surface area contributed by atoms with E-state index < -0.39 is 80.7 Å². The fourth-order valence-electron chi connectivity index (χ4n) is 8.25. The molecule has 2 saturated heterocycles. The molecule has 0 aromatic heterocycles. The first-order chi connectivity index (χ1) is 34.6. The highest BCUT2D eigenvalue weighted by atomic mass is 16.7. The van der Waals surface area contributed by atoms with Crippen molar-refractivity contribution < 1.29 is 69.0 Å². The van der Waals surface area contributed by atoms with Crippen molar-refractivity contribution >= 4 is 5.97 Å². The number of ether oxygens (including phenoxy) is 6. The van der Waals surface area contributed by atoms with Crippen LogP contribution in [0.2, 0.25) is 0 Å². The van der Waals surface area contributed by atoms with E-state index in [1.54, 1.807) is 0 Å². The van der Waals surface area contributed by atoms with Gasteiger partial charge in [0.25, 0.3) is 0 Å². The topological polar surface area (TPSA) is 214 Å². The molecule has 11 unspecified atom stereocenters. The van der Waals surface area contributed by atoms with Gasteiger partial charge in [-0.2, -0.15) is 0 Å². The summed E-state index contributed by atoms with van der Waals surface area (Å²) in [4.78, 5) is 13.1. The van der Waals surface area contributed by atoms with Crippen LogP contribution >= 0.6 is 0 Å². The van der Waals surface area contributed by atoms with E-state index in [1.165, 1.54) is 57.8 Å². The highest BCUT2D eigenvalue weighted by Crippen LogP contribution is 2.26. The summed E-state index contributed by atoms with van der Waals surface area (Å²) < 4.78 is 34.3. The average Bonchev–Trinajstić information content (AvgIpc) is 3.37. The van der Waals surface area contributed by atoms with Gasteiger partial charge in [0.2, 0.25) is 0 Å². The molecule has 0 amide bonds. The van der Waals surface area contributed by atoms with Crippen LogP contribution in [-0.2, 0) is 33.2 Å². The lowest BCUT2D eigenvalue weighted by atomic mass is 9.98. The second kappa shape index (κ2) is 43.8. The number of aliphatic hydroxyl groups excluding tert-OH is 7. The van der Waals surface area contributed by atoms with E-state index in [0.29, 0.717) is 13.0 Å². The van der Waals surface area contributed by atoms with Gasteiger partial charge < -0.3 is 64.2 Å². The molecule has 2 rings (SSSR count). The maximum absolute atomic E-state index is 13.1. The second-order valence-electron chi connectivity index (χ2n) is 19.0. The van der Waals surface area contributed by atoms with Crippen molar-refractivity contribution in [2.24, 2.45) is 0 Å². The van der Waals surface area contributed by atoms with Crippen LogP contribution in [0.1, 0.15) is 181 Å². The van der Waals surface area contributed by atoms with Crippen LogP contribution in [0.25, 0.3) is 0 Å². The zero-order valence-corrected chi connectivity index (χ0v) is 43.7. The predicted molar refractivity (Wildman–Crippen MR) is 279 cm³/mol.